The van der Waals surface area contributed by atoms with Crippen molar-refractivity contribution in [1.29, 1.82) is 0 Å². The second-order valence-electron chi connectivity index (χ2n) is 9.19. The van der Waals surface area contributed by atoms with E-state index in [0.717, 1.165) is 25.9 Å². The van der Waals surface area contributed by atoms with E-state index >= 15 is 0 Å². The van der Waals surface area contributed by atoms with Crippen LogP contribution in [0.1, 0.15) is 43.7 Å². The van der Waals surface area contributed by atoms with Crippen LogP contribution in [0.3, 0.4) is 0 Å². The number of carbonyl (C=O) groups excluding carboxylic acids is 3. The molecule has 1 atom stereocenters. The lowest BCUT2D eigenvalue weighted by Gasteiger charge is -2.48. The molecule has 0 unspecified atom stereocenters. The van der Waals surface area contributed by atoms with Crippen LogP contribution in [0.4, 0.5) is 9.18 Å². The number of ether oxygens (including phenoxy) is 1. The van der Waals surface area contributed by atoms with E-state index in [9.17, 15) is 18.8 Å². The van der Waals surface area contributed by atoms with Crippen LogP contribution in [-0.4, -0.2) is 73.1 Å². The largest absolute Gasteiger partial charge is 0.466 e. The molecular formula is C24H32FN5O4. The predicted molar refractivity (Wildman–Crippen MR) is 123 cm³/mol. The molecule has 4 N–H and O–H groups in total. The number of amides is 3. The maximum Gasteiger partial charge on any atom is 0.338 e. The van der Waals surface area contributed by atoms with E-state index in [1.54, 1.807) is 0 Å². The monoisotopic (exact) mass is 473 g/mol. The Labute approximate surface area is 198 Å². The van der Waals surface area contributed by atoms with Gasteiger partial charge in [-0.05, 0) is 56.5 Å². The minimum absolute atomic E-state index is 0.275. The third-order valence-electron chi connectivity index (χ3n) is 7.25. The molecule has 0 bridgehead atoms. The van der Waals surface area contributed by atoms with E-state index in [0.29, 0.717) is 43.7 Å². The fourth-order valence-electron chi connectivity index (χ4n) is 5.34. The summed E-state index contributed by atoms with van der Waals surface area (Å²) in [5, 5.41) is 5.50. The van der Waals surface area contributed by atoms with Crippen LogP contribution in [0.5, 0.6) is 0 Å². The molecule has 0 aliphatic carbocycles. The van der Waals surface area contributed by atoms with Crippen LogP contribution in [0.25, 0.3) is 0 Å². The van der Waals surface area contributed by atoms with Crippen molar-refractivity contribution in [3.8, 4) is 0 Å². The quantitative estimate of drug-likeness (QED) is 0.538. The van der Waals surface area contributed by atoms with Crippen molar-refractivity contribution < 1.29 is 23.5 Å². The van der Waals surface area contributed by atoms with Gasteiger partial charge in [-0.1, -0.05) is 18.6 Å². The number of likely N-dealkylation sites (tertiary alicyclic amines) is 2. The van der Waals surface area contributed by atoms with Crippen LogP contribution >= 0.6 is 0 Å². The maximum atomic E-state index is 13.4. The number of benzene rings is 1. The van der Waals surface area contributed by atoms with Crippen molar-refractivity contribution in [3.63, 3.8) is 0 Å². The molecule has 1 aromatic rings. The van der Waals surface area contributed by atoms with E-state index < -0.39 is 29.4 Å². The Kier molecular flexibility index (Phi) is 7.18. The van der Waals surface area contributed by atoms with Crippen LogP contribution < -0.4 is 16.4 Å². The molecule has 34 heavy (non-hydrogen) atoms. The Morgan fingerprint density at radius 3 is 2.35 bits per heavy atom. The zero-order valence-electron chi connectivity index (χ0n) is 19.4. The molecule has 0 spiro atoms. The van der Waals surface area contributed by atoms with E-state index in [4.69, 9.17) is 10.5 Å². The van der Waals surface area contributed by atoms with Gasteiger partial charge < -0.3 is 21.1 Å². The van der Waals surface area contributed by atoms with Crippen LogP contribution in [0.15, 0.2) is 35.5 Å². The maximum absolute atomic E-state index is 13.4. The molecule has 3 heterocycles. The molecule has 184 valence electrons. The SMILES string of the molecule is COC(=O)C1=C(CN2CCC(C(N)=O)(N3CCCCC3)CC2)NC(=O)N[C@H]1c1ccc(F)cc1. The van der Waals surface area contributed by atoms with Gasteiger partial charge in [-0.25, -0.2) is 14.0 Å². The Bertz CT molecular complexity index is 966. The smallest absolute Gasteiger partial charge is 0.338 e. The van der Waals surface area contributed by atoms with Crippen LogP contribution in [0.2, 0.25) is 0 Å². The van der Waals surface area contributed by atoms with Gasteiger partial charge in [0.2, 0.25) is 5.91 Å². The van der Waals surface area contributed by atoms with E-state index in [2.05, 4.69) is 20.4 Å². The minimum atomic E-state index is -0.764. The van der Waals surface area contributed by atoms with Crippen LogP contribution in [-0.2, 0) is 14.3 Å². The molecule has 2 saturated heterocycles. The summed E-state index contributed by atoms with van der Waals surface area (Å²) >= 11 is 0. The number of hydrogen-bond donors (Lipinski definition) is 3. The van der Waals surface area contributed by atoms with Gasteiger partial charge in [0.1, 0.15) is 11.4 Å². The number of piperidine rings is 2. The first kappa shape index (κ1) is 24.2. The molecule has 0 aromatic heterocycles. The molecule has 1 aromatic carbocycles. The highest BCUT2D eigenvalue weighted by molar-refractivity contribution is 5.95. The standard InChI is InChI=1S/C24H32FN5O4/c1-34-21(31)19-18(27-23(33)28-20(19)16-5-7-17(25)8-6-16)15-29-13-9-24(10-14-29,22(26)32)30-11-3-2-4-12-30/h5-8,20H,2-4,9-15H2,1H3,(H2,26,32)(H2,27,28,33)/t20-/m0/s1. The summed E-state index contributed by atoms with van der Waals surface area (Å²) in [7, 11) is 1.28. The van der Waals surface area contributed by atoms with Crippen molar-refractivity contribution in [2.45, 2.75) is 43.7 Å². The molecule has 2 fully saturated rings. The average Bonchev–Trinajstić information content (AvgIpc) is 2.84. The summed E-state index contributed by atoms with van der Waals surface area (Å²) in [5.41, 5.74) is 6.53. The van der Waals surface area contributed by atoms with Crippen molar-refractivity contribution >= 4 is 17.9 Å². The van der Waals surface area contributed by atoms with Crippen molar-refractivity contribution in [2.75, 3.05) is 39.8 Å². The summed E-state index contributed by atoms with van der Waals surface area (Å²) in [6.45, 7) is 3.26. The Balaban J connectivity index is 1.56. The lowest BCUT2D eigenvalue weighted by atomic mass is 9.83. The summed E-state index contributed by atoms with van der Waals surface area (Å²) in [5.74, 6) is -1.27. The number of carbonyl (C=O) groups is 3. The molecule has 0 radical (unpaired) electrons. The van der Waals surface area contributed by atoms with Gasteiger partial charge >= 0.3 is 12.0 Å². The Morgan fingerprint density at radius 1 is 1.12 bits per heavy atom. The van der Waals surface area contributed by atoms with Crippen LogP contribution in [0, 0.1) is 5.82 Å². The molecule has 10 heteroatoms. The second-order valence-corrected chi connectivity index (χ2v) is 9.19. The number of hydrogen-bond acceptors (Lipinski definition) is 6. The summed E-state index contributed by atoms with van der Waals surface area (Å²) in [4.78, 5) is 42.1. The van der Waals surface area contributed by atoms with Gasteiger partial charge in [-0.2, -0.15) is 0 Å². The highest BCUT2D eigenvalue weighted by Gasteiger charge is 2.45. The molecule has 9 nitrogen and oxygen atoms in total. The summed E-state index contributed by atoms with van der Waals surface area (Å²) in [6, 6.07) is 4.42. The van der Waals surface area contributed by atoms with Gasteiger partial charge in [0.25, 0.3) is 0 Å². The number of primary amides is 1. The number of nitrogens with two attached hydrogens (primary N) is 1. The third kappa shape index (κ3) is 4.78. The first-order chi connectivity index (χ1) is 16.3. The predicted octanol–water partition coefficient (Wildman–Crippen LogP) is 1.41. The number of nitrogens with zero attached hydrogens (tertiary/aromatic N) is 2. The van der Waals surface area contributed by atoms with Crippen molar-refractivity contribution in [1.82, 2.24) is 20.4 Å². The molecule has 3 aliphatic heterocycles. The number of methoxy groups -OCH3 is 1. The minimum Gasteiger partial charge on any atom is -0.466 e. The Hall–Kier alpha value is -2.98. The topological polar surface area (TPSA) is 117 Å². The third-order valence-corrected chi connectivity index (χ3v) is 7.25. The summed E-state index contributed by atoms with van der Waals surface area (Å²) in [6.07, 6.45) is 4.49. The molecule has 3 amide bonds. The highest BCUT2D eigenvalue weighted by atomic mass is 19.1. The number of esters is 1. The molecule has 4 rings (SSSR count). The first-order valence-corrected chi connectivity index (χ1v) is 11.8. The molecule has 0 saturated carbocycles. The lowest BCUT2D eigenvalue weighted by molar-refractivity contribution is -0.136. The normalized spacial score (nSPS) is 23.7. The van der Waals surface area contributed by atoms with Gasteiger partial charge in [-0.3, -0.25) is 14.6 Å². The lowest BCUT2D eigenvalue weighted by Crippen LogP contribution is -2.63. The molecular weight excluding hydrogens is 441 g/mol. The fourth-order valence-corrected chi connectivity index (χ4v) is 5.34. The zero-order valence-corrected chi connectivity index (χ0v) is 19.4. The fraction of sp³-hybridized carbons (Fsp3) is 0.542. The molecule has 3 aliphatic rings. The zero-order chi connectivity index (χ0) is 24.3. The highest BCUT2D eigenvalue weighted by Crippen LogP contribution is 2.33. The van der Waals surface area contributed by atoms with Crippen molar-refractivity contribution in [3.05, 3.63) is 46.9 Å². The van der Waals surface area contributed by atoms with Gasteiger partial charge in [0, 0.05) is 25.3 Å². The average molecular weight is 474 g/mol. The van der Waals surface area contributed by atoms with E-state index in [1.807, 2.05) is 0 Å². The number of halogens is 1. The summed E-state index contributed by atoms with van der Waals surface area (Å²) < 4.78 is 18.5. The second kappa shape index (κ2) is 10.1. The number of urea groups is 1. The number of nitrogens with one attached hydrogen (secondary N) is 2. The van der Waals surface area contributed by atoms with Crippen molar-refractivity contribution in [2.24, 2.45) is 5.73 Å². The number of rotatable bonds is 6. The van der Waals surface area contributed by atoms with E-state index in [-0.39, 0.29) is 11.5 Å². The van der Waals surface area contributed by atoms with Gasteiger partial charge in [0.05, 0.1) is 18.7 Å². The Morgan fingerprint density at radius 2 is 1.76 bits per heavy atom. The first-order valence-electron chi connectivity index (χ1n) is 11.8. The van der Waals surface area contributed by atoms with Gasteiger partial charge in [0.15, 0.2) is 0 Å². The van der Waals surface area contributed by atoms with Gasteiger partial charge in [-0.15, -0.1) is 0 Å². The van der Waals surface area contributed by atoms with E-state index in [1.165, 1.54) is 37.8 Å².